The molecule has 246 valence electrons. The van der Waals surface area contributed by atoms with Crippen molar-refractivity contribution in [2.24, 2.45) is 0 Å². The Balaban J connectivity index is 1.39. The number of nitrogens with zero attached hydrogens (tertiary/aromatic N) is 1. The average molecular weight is 638 g/mol. The SMILES string of the molecule is O=C1OCc2ccc3c(c2)OCCCCCOCCOc2cc(ccc2OCCOCCOCCO3)COC(=O)c2cccc1n2. The molecule has 2 aliphatic heterocycles. The molecule has 0 fully saturated rings. The van der Waals surface area contributed by atoms with Gasteiger partial charge >= 0.3 is 11.9 Å². The maximum atomic E-state index is 12.9. The number of aromatic nitrogens is 1. The molecular weight excluding hydrogens is 598 g/mol. The van der Waals surface area contributed by atoms with Crippen LogP contribution in [-0.4, -0.2) is 83.0 Å². The molecule has 6 bridgehead atoms. The van der Waals surface area contributed by atoms with E-state index in [9.17, 15) is 9.59 Å². The highest BCUT2D eigenvalue weighted by atomic mass is 16.6. The van der Waals surface area contributed by atoms with Gasteiger partial charge in [0.25, 0.3) is 0 Å². The summed E-state index contributed by atoms with van der Waals surface area (Å²) in [5, 5.41) is 0. The number of pyridine rings is 1. The Labute approximate surface area is 267 Å². The fourth-order valence-corrected chi connectivity index (χ4v) is 4.58. The highest BCUT2D eigenvalue weighted by Gasteiger charge is 2.17. The van der Waals surface area contributed by atoms with Gasteiger partial charge < -0.3 is 42.6 Å². The lowest BCUT2D eigenvalue weighted by atomic mass is 10.2. The van der Waals surface area contributed by atoms with Crippen molar-refractivity contribution in [2.75, 3.05) is 66.1 Å². The van der Waals surface area contributed by atoms with Crippen LogP contribution in [0.3, 0.4) is 0 Å². The molecule has 0 saturated carbocycles. The third kappa shape index (κ3) is 10.3. The summed E-state index contributed by atoms with van der Waals surface area (Å²) in [6.45, 7) is 3.82. The van der Waals surface area contributed by atoms with E-state index in [1.165, 1.54) is 12.1 Å². The first-order chi connectivity index (χ1) is 22.7. The van der Waals surface area contributed by atoms with Crippen LogP contribution in [0, 0.1) is 0 Å². The normalized spacial score (nSPS) is 18.0. The van der Waals surface area contributed by atoms with Crippen molar-refractivity contribution in [2.45, 2.75) is 32.5 Å². The minimum atomic E-state index is -0.688. The van der Waals surface area contributed by atoms with Gasteiger partial charge in [0, 0.05) is 6.61 Å². The number of rotatable bonds is 0. The molecular formula is C34H39NO11. The second-order valence-corrected chi connectivity index (χ2v) is 10.4. The number of hydrogen-bond donors (Lipinski definition) is 0. The van der Waals surface area contributed by atoms with Gasteiger partial charge in [0.05, 0.1) is 39.6 Å². The summed E-state index contributed by atoms with van der Waals surface area (Å²) < 4.78 is 52.1. The van der Waals surface area contributed by atoms with Crippen LogP contribution in [0.15, 0.2) is 54.6 Å². The molecule has 3 aromatic rings. The molecule has 12 heteroatoms. The zero-order valence-corrected chi connectivity index (χ0v) is 25.7. The van der Waals surface area contributed by atoms with E-state index in [0.29, 0.717) is 100 Å². The Hall–Kier alpha value is -4.39. The number of carbonyl (C=O) groups is 2. The summed E-state index contributed by atoms with van der Waals surface area (Å²) in [6.07, 6.45) is 2.59. The summed E-state index contributed by atoms with van der Waals surface area (Å²) in [5.74, 6) is 0.745. The Morgan fingerprint density at radius 2 is 0.891 bits per heavy atom. The lowest BCUT2D eigenvalue weighted by molar-refractivity contribution is 0.0266. The molecule has 3 heterocycles. The van der Waals surface area contributed by atoms with E-state index in [1.807, 2.05) is 0 Å². The Morgan fingerprint density at radius 1 is 0.435 bits per heavy atom. The van der Waals surface area contributed by atoms with Gasteiger partial charge in [-0.25, -0.2) is 14.6 Å². The lowest BCUT2D eigenvalue weighted by Gasteiger charge is -2.15. The second kappa shape index (κ2) is 17.9. The molecule has 5 rings (SSSR count). The summed E-state index contributed by atoms with van der Waals surface area (Å²) >= 11 is 0. The van der Waals surface area contributed by atoms with Crippen molar-refractivity contribution in [1.29, 1.82) is 0 Å². The van der Waals surface area contributed by atoms with E-state index in [1.54, 1.807) is 42.5 Å². The van der Waals surface area contributed by atoms with Gasteiger partial charge in [0.15, 0.2) is 23.0 Å². The zero-order valence-electron chi connectivity index (χ0n) is 25.7. The highest BCUT2D eigenvalue weighted by molar-refractivity contribution is 5.91. The van der Waals surface area contributed by atoms with Gasteiger partial charge in [-0.3, -0.25) is 0 Å². The van der Waals surface area contributed by atoms with Crippen LogP contribution >= 0.6 is 0 Å². The molecule has 46 heavy (non-hydrogen) atoms. The molecule has 0 spiro atoms. The average Bonchev–Trinajstić information content (AvgIpc) is 3.08. The molecule has 0 unspecified atom stereocenters. The fourth-order valence-electron chi connectivity index (χ4n) is 4.58. The maximum absolute atomic E-state index is 12.9. The van der Waals surface area contributed by atoms with Crippen LogP contribution in [0.5, 0.6) is 23.0 Å². The van der Waals surface area contributed by atoms with Crippen molar-refractivity contribution in [3.63, 3.8) is 0 Å². The molecule has 2 aliphatic rings. The minimum Gasteiger partial charge on any atom is -0.490 e. The van der Waals surface area contributed by atoms with Crippen molar-refractivity contribution in [1.82, 2.24) is 4.98 Å². The standard InChI is InChI=1S/C34H39NO11/c36-33-27-5-4-6-28(35-27)34(37)46-24-26-8-10-30-32(22-26)44-20-15-38-11-2-1-3-12-41-31-21-25(23-45-33)7-9-29(31)42-18-16-39-13-14-40-17-19-43-30/h4-10,21-22H,1-3,11-20,23-24H2. The van der Waals surface area contributed by atoms with E-state index in [0.717, 1.165) is 19.3 Å². The van der Waals surface area contributed by atoms with E-state index >= 15 is 0 Å². The predicted molar refractivity (Wildman–Crippen MR) is 164 cm³/mol. The molecule has 2 aromatic carbocycles. The highest BCUT2D eigenvalue weighted by Crippen LogP contribution is 2.30. The number of cyclic esters (lactones) is 2. The first kappa shape index (κ1) is 33.0. The first-order valence-electron chi connectivity index (χ1n) is 15.5. The fraction of sp³-hybridized carbons (Fsp3) is 0.441. The van der Waals surface area contributed by atoms with Gasteiger partial charge in [-0.15, -0.1) is 0 Å². The summed E-state index contributed by atoms with van der Waals surface area (Å²) in [6, 6.07) is 15.2. The third-order valence-electron chi connectivity index (χ3n) is 6.94. The van der Waals surface area contributed by atoms with Crippen LogP contribution in [0.4, 0.5) is 0 Å². The molecule has 0 saturated heterocycles. The largest absolute Gasteiger partial charge is 0.490 e. The van der Waals surface area contributed by atoms with Crippen LogP contribution in [0.2, 0.25) is 0 Å². The number of carbonyl (C=O) groups excluding carboxylic acids is 2. The summed E-state index contributed by atoms with van der Waals surface area (Å²) in [4.78, 5) is 29.9. The van der Waals surface area contributed by atoms with Crippen molar-refractivity contribution in [3.8, 4) is 23.0 Å². The molecule has 0 radical (unpaired) electrons. The molecule has 0 amide bonds. The number of ether oxygens (including phenoxy) is 9. The van der Waals surface area contributed by atoms with Crippen LogP contribution in [-0.2, 0) is 36.9 Å². The molecule has 0 N–H and O–H groups in total. The summed E-state index contributed by atoms with van der Waals surface area (Å²) in [5.41, 5.74) is 1.34. The lowest BCUT2D eigenvalue weighted by Crippen LogP contribution is -2.14. The van der Waals surface area contributed by atoms with E-state index in [2.05, 4.69) is 4.98 Å². The van der Waals surface area contributed by atoms with Crippen molar-refractivity contribution < 1.29 is 52.2 Å². The van der Waals surface area contributed by atoms with Gasteiger partial charge in [-0.1, -0.05) is 18.2 Å². The first-order valence-corrected chi connectivity index (χ1v) is 15.5. The Bertz CT molecular complexity index is 1330. The van der Waals surface area contributed by atoms with Crippen LogP contribution < -0.4 is 18.9 Å². The predicted octanol–water partition coefficient (Wildman–Crippen LogP) is 4.56. The number of hydrogen-bond acceptors (Lipinski definition) is 12. The molecule has 12 nitrogen and oxygen atoms in total. The van der Waals surface area contributed by atoms with E-state index in [4.69, 9.17) is 42.6 Å². The van der Waals surface area contributed by atoms with E-state index < -0.39 is 11.9 Å². The van der Waals surface area contributed by atoms with Crippen LogP contribution in [0.1, 0.15) is 51.4 Å². The Kier molecular flexibility index (Phi) is 12.9. The minimum absolute atomic E-state index is 0.0165. The Morgan fingerprint density at radius 3 is 1.46 bits per heavy atom. The number of esters is 2. The quantitative estimate of drug-likeness (QED) is 0.321. The molecule has 0 aliphatic carbocycles. The number of benzene rings is 2. The summed E-state index contributed by atoms with van der Waals surface area (Å²) in [7, 11) is 0. The zero-order chi connectivity index (χ0) is 31.8. The van der Waals surface area contributed by atoms with Gasteiger partial charge in [-0.05, 0) is 66.8 Å². The maximum Gasteiger partial charge on any atom is 0.357 e. The second-order valence-electron chi connectivity index (χ2n) is 10.4. The topological polar surface area (TPSA) is 130 Å². The number of fused-ring (bicyclic) bond motifs is 13. The van der Waals surface area contributed by atoms with Gasteiger partial charge in [0.2, 0.25) is 0 Å². The van der Waals surface area contributed by atoms with Crippen LogP contribution in [0.25, 0.3) is 0 Å². The van der Waals surface area contributed by atoms with Crippen molar-refractivity contribution >= 4 is 11.9 Å². The third-order valence-corrected chi connectivity index (χ3v) is 6.94. The molecule has 0 atom stereocenters. The van der Waals surface area contributed by atoms with Gasteiger partial charge in [0.1, 0.15) is 44.4 Å². The van der Waals surface area contributed by atoms with Gasteiger partial charge in [-0.2, -0.15) is 0 Å². The molecule has 1 aromatic heterocycles. The monoisotopic (exact) mass is 637 g/mol. The van der Waals surface area contributed by atoms with E-state index in [-0.39, 0.29) is 24.6 Å². The smallest absolute Gasteiger partial charge is 0.357 e. The van der Waals surface area contributed by atoms with Crippen molar-refractivity contribution in [3.05, 3.63) is 77.1 Å².